The van der Waals surface area contributed by atoms with Crippen LogP contribution in [0.15, 0.2) is 0 Å². The molecular formula is C8F14O2. The summed E-state index contributed by atoms with van der Waals surface area (Å²) in [4.78, 5) is 10.6. The van der Waals surface area contributed by atoms with Gasteiger partial charge in [0.1, 0.15) is 0 Å². The van der Waals surface area contributed by atoms with Crippen LogP contribution in [0.5, 0.6) is 0 Å². The lowest BCUT2D eigenvalue weighted by Crippen LogP contribution is -2.69. The van der Waals surface area contributed by atoms with Crippen molar-refractivity contribution in [3.63, 3.8) is 0 Å². The predicted octanol–water partition coefficient (Wildman–Crippen LogP) is 3.95. The van der Waals surface area contributed by atoms with Crippen molar-refractivity contribution in [2.24, 2.45) is 0 Å². The van der Waals surface area contributed by atoms with Crippen molar-refractivity contribution >= 4 is 5.78 Å². The first-order valence-corrected chi connectivity index (χ1v) is 5.01. The molecule has 1 aliphatic heterocycles. The zero-order chi connectivity index (χ0) is 19.8. The third kappa shape index (κ3) is 2.24. The Morgan fingerprint density at radius 2 is 1.00 bits per heavy atom. The maximum atomic E-state index is 13.0. The van der Waals surface area contributed by atoms with E-state index in [1.165, 1.54) is 0 Å². The van der Waals surface area contributed by atoms with Crippen molar-refractivity contribution in [1.29, 1.82) is 0 Å². The molecule has 24 heavy (non-hydrogen) atoms. The SMILES string of the molecule is O=C(C(F)(F)C(F)(F)C(F)(F)C(F)(F)C(F)(F)F)C1(F)OC1(F)F. The molecule has 0 aromatic carbocycles. The second-order valence-electron chi connectivity index (χ2n) is 4.34. The van der Waals surface area contributed by atoms with Crippen molar-refractivity contribution in [1.82, 2.24) is 0 Å². The van der Waals surface area contributed by atoms with Gasteiger partial charge in [0.2, 0.25) is 0 Å². The normalized spacial score (nSPS) is 25.6. The number of alkyl halides is 14. The summed E-state index contributed by atoms with van der Waals surface area (Å²) < 4.78 is 177. The van der Waals surface area contributed by atoms with Gasteiger partial charge in [-0.15, -0.1) is 0 Å². The van der Waals surface area contributed by atoms with E-state index in [1.807, 2.05) is 0 Å². The van der Waals surface area contributed by atoms with Crippen molar-refractivity contribution in [2.45, 2.75) is 41.8 Å². The largest absolute Gasteiger partial charge is 0.460 e. The Bertz CT molecular complexity index is 547. The van der Waals surface area contributed by atoms with E-state index in [2.05, 4.69) is 4.74 Å². The molecule has 142 valence electrons. The molecule has 1 fully saturated rings. The van der Waals surface area contributed by atoms with Crippen LogP contribution >= 0.6 is 0 Å². The van der Waals surface area contributed by atoms with E-state index in [4.69, 9.17) is 0 Å². The van der Waals surface area contributed by atoms with Crippen LogP contribution < -0.4 is 0 Å². The molecule has 0 aromatic rings. The molecule has 0 spiro atoms. The number of hydrogen-bond donors (Lipinski definition) is 0. The third-order valence-corrected chi connectivity index (χ3v) is 2.72. The molecule has 1 rings (SSSR count). The van der Waals surface area contributed by atoms with E-state index in [0.717, 1.165) is 0 Å². The minimum absolute atomic E-state index is 2.38. The summed E-state index contributed by atoms with van der Waals surface area (Å²) in [7, 11) is 0. The Labute approximate surface area is 120 Å². The third-order valence-electron chi connectivity index (χ3n) is 2.72. The number of epoxide rings is 1. The molecule has 0 aromatic heterocycles. The van der Waals surface area contributed by atoms with Crippen molar-refractivity contribution in [3.8, 4) is 0 Å². The molecule has 0 bridgehead atoms. The van der Waals surface area contributed by atoms with Gasteiger partial charge in [-0.3, -0.25) is 9.53 Å². The maximum absolute atomic E-state index is 13.0. The number of hydrogen-bond acceptors (Lipinski definition) is 2. The fourth-order valence-corrected chi connectivity index (χ4v) is 1.25. The lowest BCUT2D eigenvalue weighted by atomic mass is 9.93. The smallest absolute Gasteiger partial charge is 0.286 e. The monoisotopic (exact) mass is 394 g/mol. The summed E-state index contributed by atoms with van der Waals surface area (Å²) in [6.07, 6.45) is -13.0. The van der Waals surface area contributed by atoms with Crippen LogP contribution in [-0.4, -0.2) is 47.6 Å². The standard InChI is InChI=1S/C8F14O2/c9-2(10,1(23)3(11)8(21,22)24-3)4(12,13)5(14,15)6(16,17)7(18,19)20. The summed E-state index contributed by atoms with van der Waals surface area (Å²) in [5.41, 5.74) is 0. The number of carbonyl (C=O) groups is 1. The molecule has 0 aliphatic carbocycles. The van der Waals surface area contributed by atoms with E-state index in [0.29, 0.717) is 0 Å². The quantitative estimate of drug-likeness (QED) is 0.522. The van der Waals surface area contributed by atoms with E-state index in [1.54, 1.807) is 0 Å². The Balaban J connectivity index is 3.39. The van der Waals surface area contributed by atoms with Crippen LogP contribution in [0, 0.1) is 0 Å². The summed E-state index contributed by atoms with van der Waals surface area (Å²) in [5, 5.41) is 0. The zero-order valence-electron chi connectivity index (χ0n) is 10.1. The first-order valence-electron chi connectivity index (χ1n) is 5.01. The lowest BCUT2D eigenvalue weighted by molar-refractivity contribution is -0.417. The second-order valence-corrected chi connectivity index (χ2v) is 4.34. The Morgan fingerprint density at radius 1 is 0.667 bits per heavy atom. The highest BCUT2D eigenvalue weighted by Crippen LogP contribution is 2.61. The highest BCUT2D eigenvalue weighted by Gasteiger charge is 2.93. The molecule has 0 amide bonds. The fraction of sp³-hybridized carbons (Fsp3) is 0.875. The Hall–Kier alpha value is -1.35. The average Bonchev–Trinajstić information content (AvgIpc) is 2.86. The number of Topliss-reactive ketones (excluding diaryl/α,β-unsaturated/α-hetero) is 1. The van der Waals surface area contributed by atoms with Crippen LogP contribution in [-0.2, 0) is 9.53 Å². The molecule has 0 saturated carbocycles. The summed E-state index contributed by atoms with van der Waals surface area (Å²) in [6.45, 7) is 0. The molecule has 1 unspecified atom stereocenters. The molecule has 1 heterocycles. The van der Waals surface area contributed by atoms with Crippen LogP contribution in [0.25, 0.3) is 0 Å². The van der Waals surface area contributed by atoms with E-state index in [-0.39, 0.29) is 0 Å². The second kappa shape index (κ2) is 4.63. The molecule has 16 heteroatoms. The van der Waals surface area contributed by atoms with E-state index < -0.39 is 47.6 Å². The molecule has 0 N–H and O–H groups in total. The molecule has 1 atom stereocenters. The Kier molecular flexibility index (Phi) is 3.99. The van der Waals surface area contributed by atoms with E-state index >= 15 is 0 Å². The van der Waals surface area contributed by atoms with Gasteiger partial charge in [-0.2, -0.15) is 61.5 Å². The zero-order valence-corrected chi connectivity index (χ0v) is 10.1. The van der Waals surface area contributed by atoms with Crippen LogP contribution in [0.4, 0.5) is 61.5 Å². The highest BCUT2D eigenvalue weighted by molar-refractivity contribution is 5.96. The summed E-state index contributed by atoms with van der Waals surface area (Å²) in [5.74, 6) is -41.2. The number of ether oxygens (including phenoxy) is 1. The predicted molar refractivity (Wildman–Crippen MR) is 40.7 cm³/mol. The first kappa shape index (κ1) is 20.7. The van der Waals surface area contributed by atoms with E-state index in [9.17, 15) is 66.3 Å². The van der Waals surface area contributed by atoms with Gasteiger partial charge in [-0.05, 0) is 0 Å². The minimum atomic E-state index is -8.02. The van der Waals surface area contributed by atoms with Gasteiger partial charge in [-0.1, -0.05) is 0 Å². The molecule has 0 radical (unpaired) electrons. The lowest BCUT2D eigenvalue weighted by Gasteiger charge is -2.36. The Morgan fingerprint density at radius 3 is 1.25 bits per heavy atom. The average molecular weight is 394 g/mol. The van der Waals surface area contributed by atoms with Crippen LogP contribution in [0.2, 0.25) is 0 Å². The van der Waals surface area contributed by atoms with Crippen molar-refractivity contribution in [3.05, 3.63) is 0 Å². The van der Waals surface area contributed by atoms with Gasteiger partial charge >= 0.3 is 41.8 Å². The summed E-state index contributed by atoms with van der Waals surface area (Å²) >= 11 is 0. The van der Waals surface area contributed by atoms with Crippen LogP contribution in [0.1, 0.15) is 0 Å². The number of rotatable bonds is 5. The summed E-state index contributed by atoms with van der Waals surface area (Å²) in [6, 6.07) is 0. The van der Waals surface area contributed by atoms with Crippen molar-refractivity contribution in [2.75, 3.05) is 0 Å². The first-order chi connectivity index (χ1) is 10.1. The van der Waals surface area contributed by atoms with Crippen LogP contribution in [0.3, 0.4) is 0 Å². The van der Waals surface area contributed by atoms with Crippen molar-refractivity contribution < 1.29 is 71.0 Å². The molecule has 1 aliphatic rings. The van der Waals surface area contributed by atoms with Gasteiger partial charge in [0.05, 0.1) is 0 Å². The van der Waals surface area contributed by atoms with Gasteiger partial charge in [-0.25, -0.2) is 0 Å². The molecule has 2 nitrogen and oxygen atoms in total. The number of halogens is 14. The molecule has 1 saturated heterocycles. The van der Waals surface area contributed by atoms with Gasteiger partial charge in [0.25, 0.3) is 5.78 Å². The van der Waals surface area contributed by atoms with Gasteiger partial charge in [0.15, 0.2) is 0 Å². The fourth-order valence-electron chi connectivity index (χ4n) is 1.25. The van der Waals surface area contributed by atoms with Gasteiger partial charge in [0, 0.05) is 0 Å². The van der Waals surface area contributed by atoms with Gasteiger partial charge < -0.3 is 0 Å². The number of ketones is 1. The molecular weight excluding hydrogens is 394 g/mol. The number of carbonyl (C=O) groups excluding carboxylic acids is 1. The highest BCUT2D eigenvalue weighted by atomic mass is 19.4. The topological polar surface area (TPSA) is 29.6 Å². The maximum Gasteiger partial charge on any atom is 0.460 e. The minimum Gasteiger partial charge on any atom is -0.286 e.